The normalized spacial score (nSPS) is 14.2. The Bertz CT molecular complexity index is 949. The molecule has 1 aliphatic rings. The minimum atomic E-state index is 0.0707. The molecule has 0 aliphatic heterocycles. The van der Waals surface area contributed by atoms with Crippen molar-refractivity contribution in [3.05, 3.63) is 68.9 Å². The van der Waals surface area contributed by atoms with Crippen molar-refractivity contribution in [2.45, 2.75) is 46.1 Å². The highest BCUT2D eigenvalue weighted by Gasteiger charge is 2.19. The topological polar surface area (TPSA) is 39.3 Å². The summed E-state index contributed by atoms with van der Waals surface area (Å²) in [5.41, 5.74) is 6.81. The number of aromatic nitrogens is 3. The zero-order valence-corrected chi connectivity index (χ0v) is 13.7. The monoisotopic (exact) mass is 307 g/mol. The summed E-state index contributed by atoms with van der Waals surface area (Å²) in [6, 6.07) is 6.39. The number of benzene rings is 1. The van der Waals surface area contributed by atoms with Gasteiger partial charge in [-0.2, -0.15) is 5.10 Å². The Kier molecular flexibility index (Phi) is 3.33. The second-order valence-electron chi connectivity index (χ2n) is 6.58. The SMILES string of the molecule is Cc1ccc(Cn2ccn3nc4c(c3c2=O)CCCC4)cc1C. The van der Waals surface area contributed by atoms with Gasteiger partial charge in [-0.1, -0.05) is 18.2 Å². The zero-order chi connectivity index (χ0) is 16.0. The summed E-state index contributed by atoms with van der Waals surface area (Å²) < 4.78 is 3.57. The second kappa shape index (κ2) is 5.37. The number of aryl methyl sites for hydroxylation is 4. The smallest absolute Gasteiger partial charge is 0.277 e. The van der Waals surface area contributed by atoms with Crippen molar-refractivity contribution in [3.63, 3.8) is 0 Å². The molecule has 4 rings (SSSR count). The quantitative estimate of drug-likeness (QED) is 0.730. The van der Waals surface area contributed by atoms with Crippen molar-refractivity contribution in [1.82, 2.24) is 14.2 Å². The van der Waals surface area contributed by atoms with Gasteiger partial charge >= 0.3 is 0 Å². The highest BCUT2D eigenvalue weighted by atomic mass is 16.1. The number of hydrogen-bond acceptors (Lipinski definition) is 2. The number of fused-ring (bicyclic) bond motifs is 3. The van der Waals surface area contributed by atoms with Gasteiger partial charge in [0.1, 0.15) is 5.52 Å². The van der Waals surface area contributed by atoms with Crippen LogP contribution in [0.25, 0.3) is 5.52 Å². The molecular formula is C19H21N3O. The average molecular weight is 307 g/mol. The summed E-state index contributed by atoms with van der Waals surface area (Å²) in [5, 5.41) is 4.59. The van der Waals surface area contributed by atoms with E-state index < -0.39 is 0 Å². The summed E-state index contributed by atoms with van der Waals surface area (Å²) in [5.74, 6) is 0. The Morgan fingerprint density at radius 1 is 1.09 bits per heavy atom. The Morgan fingerprint density at radius 3 is 2.74 bits per heavy atom. The van der Waals surface area contributed by atoms with E-state index in [1.165, 1.54) is 17.5 Å². The van der Waals surface area contributed by atoms with E-state index in [1.54, 1.807) is 9.08 Å². The number of nitrogens with zero attached hydrogens (tertiary/aromatic N) is 3. The van der Waals surface area contributed by atoms with Crippen molar-refractivity contribution in [2.75, 3.05) is 0 Å². The van der Waals surface area contributed by atoms with E-state index in [-0.39, 0.29) is 5.56 Å². The van der Waals surface area contributed by atoms with Crippen LogP contribution >= 0.6 is 0 Å². The third-order valence-corrected chi connectivity index (χ3v) is 4.96. The van der Waals surface area contributed by atoms with Gasteiger partial charge in [-0.05, 0) is 56.2 Å². The molecule has 0 bridgehead atoms. The molecule has 1 aliphatic carbocycles. The minimum Gasteiger partial charge on any atom is -0.308 e. The molecule has 0 unspecified atom stereocenters. The fraction of sp³-hybridized carbons (Fsp3) is 0.368. The molecule has 0 N–H and O–H groups in total. The van der Waals surface area contributed by atoms with Gasteiger partial charge in [0.25, 0.3) is 5.56 Å². The molecule has 3 aromatic rings. The maximum Gasteiger partial charge on any atom is 0.277 e. The van der Waals surface area contributed by atoms with Crippen LogP contribution < -0.4 is 5.56 Å². The third-order valence-electron chi connectivity index (χ3n) is 4.96. The van der Waals surface area contributed by atoms with Gasteiger partial charge in [0.05, 0.1) is 12.2 Å². The summed E-state index contributed by atoms with van der Waals surface area (Å²) in [6.45, 7) is 4.82. The molecule has 0 saturated carbocycles. The predicted octanol–water partition coefficient (Wildman–Crippen LogP) is 3.04. The van der Waals surface area contributed by atoms with Gasteiger partial charge in [-0.3, -0.25) is 4.79 Å². The maximum atomic E-state index is 12.9. The lowest BCUT2D eigenvalue weighted by Gasteiger charge is -2.10. The summed E-state index contributed by atoms with van der Waals surface area (Å²) in [4.78, 5) is 12.9. The van der Waals surface area contributed by atoms with E-state index in [2.05, 4.69) is 37.1 Å². The molecule has 118 valence electrons. The van der Waals surface area contributed by atoms with Crippen LogP contribution in [0.4, 0.5) is 0 Å². The molecule has 0 fully saturated rings. The fourth-order valence-electron chi connectivity index (χ4n) is 3.48. The number of hydrogen-bond donors (Lipinski definition) is 0. The number of rotatable bonds is 2. The Morgan fingerprint density at radius 2 is 1.91 bits per heavy atom. The first-order valence-corrected chi connectivity index (χ1v) is 8.29. The Labute approximate surface area is 135 Å². The van der Waals surface area contributed by atoms with Gasteiger partial charge in [0.2, 0.25) is 0 Å². The Balaban J connectivity index is 1.80. The van der Waals surface area contributed by atoms with Crippen molar-refractivity contribution in [3.8, 4) is 0 Å². The lowest BCUT2D eigenvalue weighted by atomic mass is 9.97. The van der Waals surface area contributed by atoms with E-state index in [4.69, 9.17) is 0 Å². The molecule has 0 atom stereocenters. The molecular weight excluding hydrogens is 286 g/mol. The van der Waals surface area contributed by atoms with E-state index in [9.17, 15) is 4.79 Å². The van der Waals surface area contributed by atoms with Crippen molar-refractivity contribution < 1.29 is 0 Å². The van der Waals surface area contributed by atoms with E-state index >= 15 is 0 Å². The van der Waals surface area contributed by atoms with Crippen LogP contribution in [0, 0.1) is 13.8 Å². The highest BCUT2D eigenvalue weighted by Crippen LogP contribution is 2.22. The van der Waals surface area contributed by atoms with E-state index in [0.29, 0.717) is 6.54 Å². The van der Waals surface area contributed by atoms with Crippen LogP contribution in [0.15, 0.2) is 35.4 Å². The van der Waals surface area contributed by atoms with E-state index in [0.717, 1.165) is 41.6 Å². The van der Waals surface area contributed by atoms with Gasteiger partial charge in [-0.25, -0.2) is 4.52 Å². The predicted molar refractivity (Wildman–Crippen MR) is 91.1 cm³/mol. The standard InChI is InChI=1S/C19H21N3O/c1-13-7-8-15(11-14(13)2)12-21-9-10-22-18(19(21)23)16-5-3-4-6-17(16)20-22/h7-11H,3-6,12H2,1-2H3. The van der Waals surface area contributed by atoms with Crippen LogP contribution in [0.1, 0.15) is 40.8 Å². The molecule has 0 saturated heterocycles. The lowest BCUT2D eigenvalue weighted by molar-refractivity contribution is 0.673. The second-order valence-corrected chi connectivity index (χ2v) is 6.58. The largest absolute Gasteiger partial charge is 0.308 e. The molecule has 2 heterocycles. The van der Waals surface area contributed by atoms with Crippen LogP contribution in [0.5, 0.6) is 0 Å². The van der Waals surface area contributed by atoms with Crippen molar-refractivity contribution in [2.24, 2.45) is 0 Å². The van der Waals surface area contributed by atoms with Crippen LogP contribution in [-0.4, -0.2) is 14.2 Å². The third kappa shape index (κ3) is 2.38. The van der Waals surface area contributed by atoms with Crippen LogP contribution in [-0.2, 0) is 19.4 Å². The Hall–Kier alpha value is -2.36. The average Bonchev–Trinajstić information content (AvgIpc) is 2.93. The van der Waals surface area contributed by atoms with Gasteiger partial charge < -0.3 is 4.57 Å². The first-order valence-electron chi connectivity index (χ1n) is 8.29. The molecule has 23 heavy (non-hydrogen) atoms. The molecule has 0 amide bonds. The summed E-state index contributed by atoms with van der Waals surface area (Å²) in [7, 11) is 0. The summed E-state index contributed by atoms with van der Waals surface area (Å²) in [6.07, 6.45) is 8.06. The van der Waals surface area contributed by atoms with Gasteiger partial charge in [0.15, 0.2) is 0 Å². The maximum absolute atomic E-state index is 12.9. The minimum absolute atomic E-state index is 0.0707. The molecule has 0 radical (unpaired) electrons. The summed E-state index contributed by atoms with van der Waals surface area (Å²) >= 11 is 0. The van der Waals surface area contributed by atoms with Gasteiger partial charge in [0, 0.05) is 18.0 Å². The molecule has 4 heteroatoms. The molecule has 0 spiro atoms. The van der Waals surface area contributed by atoms with Crippen LogP contribution in [0.3, 0.4) is 0 Å². The highest BCUT2D eigenvalue weighted by molar-refractivity contribution is 5.56. The van der Waals surface area contributed by atoms with E-state index in [1.807, 2.05) is 12.4 Å². The fourth-order valence-corrected chi connectivity index (χ4v) is 3.48. The molecule has 1 aromatic carbocycles. The van der Waals surface area contributed by atoms with Crippen LogP contribution in [0.2, 0.25) is 0 Å². The zero-order valence-electron chi connectivity index (χ0n) is 13.7. The van der Waals surface area contributed by atoms with Crippen molar-refractivity contribution in [1.29, 1.82) is 0 Å². The molecule has 4 nitrogen and oxygen atoms in total. The van der Waals surface area contributed by atoms with Crippen molar-refractivity contribution >= 4 is 5.52 Å². The van der Waals surface area contributed by atoms with Gasteiger partial charge in [-0.15, -0.1) is 0 Å². The lowest BCUT2D eigenvalue weighted by Crippen LogP contribution is -2.22. The molecule has 2 aromatic heterocycles. The first kappa shape index (κ1) is 14.2. The first-order chi connectivity index (χ1) is 11.1.